The summed E-state index contributed by atoms with van der Waals surface area (Å²) in [6.07, 6.45) is 0.598. The summed E-state index contributed by atoms with van der Waals surface area (Å²) in [5, 5.41) is 8.65. The minimum Gasteiger partial charge on any atom is -0.384 e. The van der Waals surface area contributed by atoms with Gasteiger partial charge in [0.1, 0.15) is 6.61 Å². The van der Waals surface area contributed by atoms with Gasteiger partial charge in [0.25, 0.3) is 0 Å². The van der Waals surface area contributed by atoms with E-state index in [9.17, 15) is 8.42 Å². The van der Waals surface area contributed by atoms with Crippen molar-refractivity contribution in [2.45, 2.75) is 24.3 Å². The van der Waals surface area contributed by atoms with Crippen molar-refractivity contribution in [3.8, 4) is 11.8 Å². The average Bonchev–Trinajstić information content (AvgIpc) is 2.70. The van der Waals surface area contributed by atoms with Crippen molar-refractivity contribution < 1.29 is 18.3 Å². The van der Waals surface area contributed by atoms with Gasteiger partial charge in [-0.25, -0.2) is 8.42 Å². The molecule has 0 spiro atoms. The first-order valence-electron chi connectivity index (χ1n) is 6.85. The zero-order valence-corrected chi connectivity index (χ0v) is 12.8. The van der Waals surface area contributed by atoms with Crippen LogP contribution in [0.2, 0.25) is 0 Å². The summed E-state index contributed by atoms with van der Waals surface area (Å²) in [6.45, 7) is 3.09. The van der Waals surface area contributed by atoms with Crippen LogP contribution >= 0.6 is 0 Å². The van der Waals surface area contributed by atoms with Crippen molar-refractivity contribution in [1.29, 1.82) is 0 Å². The molecule has 21 heavy (non-hydrogen) atoms. The van der Waals surface area contributed by atoms with Gasteiger partial charge >= 0.3 is 0 Å². The molecule has 0 amide bonds. The number of aliphatic hydroxyl groups is 1. The number of sulfonamides is 1. The second-order valence-corrected chi connectivity index (χ2v) is 6.82. The first kappa shape index (κ1) is 16.0. The predicted octanol–water partition coefficient (Wildman–Crippen LogP) is 0.830. The fraction of sp³-hybridized carbons (Fsp3) is 0.467. The Hall–Kier alpha value is -1.39. The van der Waals surface area contributed by atoms with E-state index in [0.29, 0.717) is 31.7 Å². The highest BCUT2D eigenvalue weighted by Gasteiger charge is 2.27. The predicted molar refractivity (Wildman–Crippen MR) is 79.2 cm³/mol. The van der Waals surface area contributed by atoms with Crippen molar-refractivity contribution in [2.75, 3.05) is 26.3 Å². The van der Waals surface area contributed by atoms with E-state index in [2.05, 4.69) is 11.8 Å². The first-order valence-corrected chi connectivity index (χ1v) is 8.29. The lowest BCUT2D eigenvalue weighted by Crippen LogP contribution is -2.35. The van der Waals surface area contributed by atoms with Crippen LogP contribution in [0.15, 0.2) is 29.2 Å². The number of benzene rings is 1. The molecule has 114 valence electrons. The normalized spacial score (nSPS) is 20.4. The third-order valence-corrected chi connectivity index (χ3v) is 5.10. The topological polar surface area (TPSA) is 66.8 Å². The molecule has 5 nitrogen and oxygen atoms in total. The SMILES string of the molecule is CC1CN(S(=O)(=O)c2ccc(C#CCO)cc2)CCCO1. The quantitative estimate of drug-likeness (QED) is 0.822. The van der Waals surface area contributed by atoms with Crippen LogP contribution in [-0.2, 0) is 14.8 Å². The summed E-state index contributed by atoms with van der Waals surface area (Å²) in [4.78, 5) is 0.256. The van der Waals surface area contributed by atoms with Gasteiger partial charge in [0.15, 0.2) is 0 Å². The molecule has 1 aromatic carbocycles. The molecule has 0 aliphatic carbocycles. The van der Waals surface area contributed by atoms with E-state index in [-0.39, 0.29) is 17.6 Å². The monoisotopic (exact) mass is 309 g/mol. The molecule has 1 heterocycles. The Labute approximate surface area is 125 Å². The minimum absolute atomic E-state index is 0.100. The maximum atomic E-state index is 12.6. The molecule has 1 atom stereocenters. The maximum absolute atomic E-state index is 12.6. The van der Waals surface area contributed by atoms with Crippen molar-refractivity contribution in [1.82, 2.24) is 4.31 Å². The number of ether oxygens (including phenoxy) is 1. The Balaban J connectivity index is 2.22. The van der Waals surface area contributed by atoms with E-state index in [1.165, 1.54) is 4.31 Å². The van der Waals surface area contributed by atoms with Gasteiger partial charge in [-0.3, -0.25) is 0 Å². The number of aliphatic hydroxyl groups excluding tert-OH is 1. The Morgan fingerprint density at radius 2 is 2.10 bits per heavy atom. The number of hydrogen-bond acceptors (Lipinski definition) is 4. The van der Waals surface area contributed by atoms with Crippen molar-refractivity contribution >= 4 is 10.0 Å². The summed E-state index contributed by atoms with van der Waals surface area (Å²) in [5.74, 6) is 5.27. The number of rotatable bonds is 2. The van der Waals surface area contributed by atoms with E-state index < -0.39 is 10.0 Å². The number of hydrogen-bond donors (Lipinski definition) is 1. The Morgan fingerprint density at radius 1 is 1.38 bits per heavy atom. The molecule has 0 bridgehead atoms. The molecule has 0 aromatic heterocycles. The fourth-order valence-corrected chi connectivity index (χ4v) is 3.73. The first-order chi connectivity index (χ1) is 10.0. The van der Waals surface area contributed by atoms with Crippen LogP contribution in [0.3, 0.4) is 0 Å². The Morgan fingerprint density at radius 3 is 2.76 bits per heavy atom. The van der Waals surface area contributed by atoms with E-state index in [1.807, 2.05) is 6.92 Å². The van der Waals surface area contributed by atoms with Gasteiger partial charge in [-0.1, -0.05) is 11.8 Å². The molecule has 2 rings (SSSR count). The lowest BCUT2D eigenvalue weighted by molar-refractivity contribution is 0.0752. The summed E-state index contributed by atoms with van der Waals surface area (Å²) >= 11 is 0. The summed E-state index contributed by atoms with van der Waals surface area (Å²) < 4.78 is 32.2. The molecule has 1 aromatic rings. The highest BCUT2D eigenvalue weighted by molar-refractivity contribution is 7.89. The number of nitrogens with zero attached hydrogens (tertiary/aromatic N) is 1. The van der Waals surface area contributed by atoms with Crippen LogP contribution in [0, 0.1) is 11.8 Å². The average molecular weight is 309 g/mol. The molecule has 1 N–H and O–H groups in total. The molecule has 6 heteroatoms. The lowest BCUT2D eigenvalue weighted by Gasteiger charge is -2.21. The summed E-state index contributed by atoms with van der Waals surface area (Å²) in [5.41, 5.74) is 0.676. The largest absolute Gasteiger partial charge is 0.384 e. The van der Waals surface area contributed by atoms with Crippen LogP contribution < -0.4 is 0 Å². The standard InChI is InChI=1S/C15H19NO4S/c1-13-12-16(9-3-11-20-13)21(18,19)15-7-5-14(6-8-15)4-2-10-17/h5-8,13,17H,3,9-12H2,1H3. The third-order valence-electron chi connectivity index (χ3n) is 3.22. The van der Waals surface area contributed by atoms with Gasteiger partial charge in [-0.05, 0) is 37.6 Å². The molecular weight excluding hydrogens is 290 g/mol. The van der Waals surface area contributed by atoms with Crippen LogP contribution in [0.5, 0.6) is 0 Å². The molecule has 1 fully saturated rings. The van der Waals surface area contributed by atoms with E-state index >= 15 is 0 Å². The molecule has 1 aliphatic rings. The Bertz CT molecular complexity index is 628. The summed E-state index contributed by atoms with van der Waals surface area (Å²) in [7, 11) is -3.50. The maximum Gasteiger partial charge on any atom is 0.243 e. The van der Waals surface area contributed by atoms with Crippen LogP contribution in [-0.4, -0.2) is 50.2 Å². The van der Waals surface area contributed by atoms with Gasteiger partial charge in [0.05, 0.1) is 11.0 Å². The fourth-order valence-electron chi connectivity index (χ4n) is 2.18. The molecule has 0 saturated carbocycles. The van der Waals surface area contributed by atoms with Crippen LogP contribution in [0.1, 0.15) is 18.9 Å². The van der Waals surface area contributed by atoms with Gasteiger partial charge in [0, 0.05) is 25.3 Å². The second kappa shape index (κ2) is 7.05. The molecule has 1 saturated heterocycles. The molecule has 1 unspecified atom stereocenters. The van der Waals surface area contributed by atoms with Gasteiger partial charge in [0.2, 0.25) is 10.0 Å². The van der Waals surface area contributed by atoms with Crippen LogP contribution in [0.4, 0.5) is 0 Å². The van der Waals surface area contributed by atoms with Crippen molar-refractivity contribution in [3.05, 3.63) is 29.8 Å². The molecule has 1 aliphatic heterocycles. The van der Waals surface area contributed by atoms with Crippen molar-refractivity contribution in [2.24, 2.45) is 0 Å². The van der Waals surface area contributed by atoms with Crippen molar-refractivity contribution in [3.63, 3.8) is 0 Å². The van der Waals surface area contributed by atoms with Gasteiger partial charge in [-0.15, -0.1) is 0 Å². The Kier molecular flexibility index (Phi) is 5.37. The van der Waals surface area contributed by atoms with E-state index in [4.69, 9.17) is 9.84 Å². The third kappa shape index (κ3) is 4.05. The smallest absolute Gasteiger partial charge is 0.243 e. The summed E-state index contributed by atoms with van der Waals surface area (Å²) in [6, 6.07) is 6.39. The van der Waals surface area contributed by atoms with E-state index in [0.717, 1.165) is 0 Å². The zero-order valence-electron chi connectivity index (χ0n) is 11.9. The minimum atomic E-state index is -3.50. The zero-order chi connectivity index (χ0) is 15.3. The second-order valence-electron chi connectivity index (χ2n) is 4.88. The lowest BCUT2D eigenvalue weighted by atomic mass is 10.2. The van der Waals surface area contributed by atoms with E-state index in [1.54, 1.807) is 24.3 Å². The molecular formula is C15H19NO4S. The van der Waals surface area contributed by atoms with Gasteiger partial charge in [-0.2, -0.15) is 4.31 Å². The molecule has 0 radical (unpaired) electrons. The highest BCUT2D eigenvalue weighted by Crippen LogP contribution is 2.19. The van der Waals surface area contributed by atoms with Crippen LogP contribution in [0.25, 0.3) is 0 Å². The van der Waals surface area contributed by atoms with Gasteiger partial charge < -0.3 is 9.84 Å². The highest BCUT2D eigenvalue weighted by atomic mass is 32.2.